The van der Waals surface area contributed by atoms with Gasteiger partial charge in [0.05, 0.1) is 21.7 Å². The van der Waals surface area contributed by atoms with Crippen LogP contribution in [0.1, 0.15) is 28.9 Å². The van der Waals surface area contributed by atoms with Crippen LogP contribution < -0.4 is 5.32 Å². The van der Waals surface area contributed by atoms with Gasteiger partial charge in [-0.15, -0.1) is 11.3 Å². The predicted molar refractivity (Wildman–Crippen MR) is 125 cm³/mol. The zero-order valence-electron chi connectivity index (χ0n) is 18.7. The number of amides is 1. The number of carboxylic acids is 1. The van der Waals surface area contributed by atoms with Gasteiger partial charge in [0.15, 0.2) is 10.9 Å². The van der Waals surface area contributed by atoms with Gasteiger partial charge in [-0.05, 0) is 37.1 Å². The number of hydrogen-bond acceptors (Lipinski definition) is 6. The third-order valence-corrected chi connectivity index (χ3v) is 7.14. The Morgan fingerprint density at radius 3 is 2.65 bits per heavy atom. The maximum absolute atomic E-state index is 14.6. The molecule has 1 aliphatic rings. The fourth-order valence-corrected chi connectivity index (χ4v) is 4.97. The topological polar surface area (TPSA) is 95.4 Å². The Labute approximate surface area is 215 Å². The molecule has 3 aromatic rings. The van der Waals surface area contributed by atoms with Crippen molar-refractivity contribution >= 4 is 45.8 Å². The highest BCUT2D eigenvalue weighted by Crippen LogP contribution is 2.44. The van der Waals surface area contributed by atoms with Crippen LogP contribution in [0.15, 0.2) is 41.9 Å². The van der Waals surface area contributed by atoms with Crippen molar-refractivity contribution in [3.8, 4) is 0 Å². The molecule has 196 valence electrons. The van der Waals surface area contributed by atoms with E-state index in [9.17, 15) is 36.6 Å². The van der Waals surface area contributed by atoms with E-state index >= 15 is 0 Å². The average Bonchev–Trinajstić information content (AvgIpc) is 3.35. The summed E-state index contributed by atoms with van der Waals surface area (Å²) in [4.78, 5) is 33.7. The third-order valence-electron chi connectivity index (χ3n) is 6.16. The molecule has 1 aliphatic heterocycles. The van der Waals surface area contributed by atoms with E-state index in [-0.39, 0.29) is 11.5 Å². The maximum atomic E-state index is 14.6. The SMILES string of the molecule is O=C(c1cccc(Cl)c1F)N1CCC(Cc2nc(Nc3nccs3)ccc2F)(C(=O)O)CC1C(F)(F)F. The summed E-state index contributed by atoms with van der Waals surface area (Å²) in [6, 6.07) is 3.09. The Balaban J connectivity index is 1.66. The molecule has 0 radical (unpaired) electrons. The first-order valence-electron chi connectivity index (χ1n) is 10.8. The summed E-state index contributed by atoms with van der Waals surface area (Å²) in [7, 11) is 0. The smallest absolute Gasteiger partial charge is 0.408 e. The number of carbonyl (C=O) groups excluding carboxylic acids is 1. The average molecular weight is 561 g/mol. The number of nitrogens with one attached hydrogen (secondary N) is 1. The molecule has 1 amide bonds. The molecule has 2 unspecified atom stereocenters. The number of rotatable bonds is 6. The molecule has 1 fully saturated rings. The van der Waals surface area contributed by atoms with Crippen molar-refractivity contribution in [2.24, 2.45) is 5.41 Å². The molecule has 1 aromatic carbocycles. The van der Waals surface area contributed by atoms with Crippen LogP contribution in [0.4, 0.5) is 32.9 Å². The zero-order chi connectivity index (χ0) is 27.0. The van der Waals surface area contributed by atoms with Crippen molar-refractivity contribution < 1.29 is 36.6 Å². The summed E-state index contributed by atoms with van der Waals surface area (Å²) in [6.45, 7) is -0.667. The number of aliphatic carboxylic acids is 1. The number of pyridine rings is 1. The molecule has 0 aliphatic carbocycles. The number of carboxylic acid groups (broad SMARTS) is 1. The Morgan fingerprint density at radius 2 is 2.00 bits per heavy atom. The molecule has 2 atom stereocenters. The lowest BCUT2D eigenvalue weighted by Gasteiger charge is -2.45. The number of anilines is 2. The van der Waals surface area contributed by atoms with Gasteiger partial charge in [-0.1, -0.05) is 17.7 Å². The van der Waals surface area contributed by atoms with Crippen LogP contribution >= 0.6 is 22.9 Å². The molecule has 2 aromatic heterocycles. The molecule has 0 saturated carbocycles. The summed E-state index contributed by atoms with van der Waals surface area (Å²) in [5.41, 5.74) is -3.12. The lowest BCUT2D eigenvalue weighted by Crippen LogP contribution is -2.58. The molecule has 7 nitrogen and oxygen atoms in total. The molecular formula is C23H18ClF5N4O3S. The summed E-state index contributed by atoms with van der Waals surface area (Å²) >= 11 is 6.90. The second-order valence-electron chi connectivity index (χ2n) is 8.46. The summed E-state index contributed by atoms with van der Waals surface area (Å²) in [6.07, 6.45) is -5.73. The van der Waals surface area contributed by atoms with Gasteiger partial charge >= 0.3 is 12.1 Å². The monoisotopic (exact) mass is 560 g/mol. The van der Waals surface area contributed by atoms with Crippen molar-refractivity contribution in [3.63, 3.8) is 0 Å². The minimum absolute atomic E-state index is 0.128. The van der Waals surface area contributed by atoms with E-state index < -0.39 is 77.5 Å². The number of carbonyl (C=O) groups is 2. The van der Waals surface area contributed by atoms with E-state index in [0.717, 1.165) is 18.2 Å². The number of hydrogen-bond donors (Lipinski definition) is 2. The van der Waals surface area contributed by atoms with Gasteiger partial charge in [0.1, 0.15) is 17.7 Å². The quantitative estimate of drug-likeness (QED) is 0.376. The van der Waals surface area contributed by atoms with Gasteiger partial charge < -0.3 is 15.3 Å². The van der Waals surface area contributed by atoms with Gasteiger partial charge in [0.2, 0.25) is 0 Å². The van der Waals surface area contributed by atoms with Crippen LogP contribution in [0.2, 0.25) is 5.02 Å². The van der Waals surface area contributed by atoms with E-state index in [2.05, 4.69) is 15.3 Å². The number of likely N-dealkylation sites (tertiary alicyclic amines) is 1. The minimum atomic E-state index is -5.05. The van der Waals surface area contributed by atoms with Crippen LogP contribution in [-0.2, 0) is 11.2 Å². The number of thiazole rings is 1. The fourth-order valence-electron chi connectivity index (χ4n) is 4.26. The molecule has 14 heteroatoms. The van der Waals surface area contributed by atoms with Crippen LogP contribution in [0.5, 0.6) is 0 Å². The molecule has 0 bridgehead atoms. The van der Waals surface area contributed by atoms with Crippen molar-refractivity contribution in [2.75, 3.05) is 11.9 Å². The fraction of sp³-hybridized carbons (Fsp3) is 0.304. The molecular weight excluding hydrogens is 543 g/mol. The van der Waals surface area contributed by atoms with Crippen LogP contribution in [0, 0.1) is 17.0 Å². The Morgan fingerprint density at radius 1 is 1.24 bits per heavy atom. The van der Waals surface area contributed by atoms with Gasteiger partial charge in [-0.3, -0.25) is 9.59 Å². The first-order chi connectivity index (χ1) is 17.4. The number of aromatic nitrogens is 2. The zero-order valence-corrected chi connectivity index (χ0v) is 20.3. The first-order valence-corrected chi connectivity index (χ1v) is 12.0. The molecule has 0 spiro atoms. The van der Waals surface area contributed by atoms with Gasteiger partial charge in [0.25, 0.3) is 5.91 Å². The van der Waals surface area contributed by atoms with Crippen molar-refractivity contribution in [3.05, 3.63) is 69.8 Å². The number of piperidine rings is 1. The van der Waals surface area contributed by atoms with Crippen LogP contribution in [0.25, 0.3) is 0 Å². The number of benzene rings is 1. The van der Waals surface area contributed by atoms with Crippen molar-refractivity contribution in [2.45, 2.75) is 31.5 Å². The molecule has 4 rings (SSSR count). The molecule has 1 saturated heterocycles. The third kappa shape index (κ3) is 5.52. The first kappa shape index (κ1) is 26.7. The van der Waals surface area contributed by atoms with E-state index in [1.807, 2.05) is 0 Å². The summed E-state index contributed by atoms with van der Waals surface area (Å²) < 4.78 is 71.4. The molecule has 3 heterocycles. The Kier molecular flexibility index (Phi) is 7.38. The highest BCUT2D eigenvalue weighted by Gasteiger charge is 2.56. The standard InChI is InChI=1S/C23H18ClF5N4O3S/c24-13-3-1-2-12(18(13)26)19(34)33-8-6-22(20(35)36,11-16(33)23(27,28)29)10-15-14(25)4-5-17(31-15)32-21-30-7-9-37-21/h1-5,7,9,16H,6,8,10-11H2,(H,35,36)(H,30,31,32). The van der Waals surface area contributed by atoms with E-state index in [0.29, 0.717) is 10.0 Å². The number of halogens is 6. The maximum Gasteiger partial charge on any atom is 0.408 e. The second kappa shape index (κ2) is 10.2. The largest absolute Gasteiger partial charge is 0.481 e. The highest BCUT2D eigenvalue weighted by atomic mass is 35.5. The predicted octanol–water partition coefficient (Wildman–Crippen LogP) is 5.69. The van der Waals surface area contributed by atoms with E-state index in [1.165, 1.54) is 29.7 Å². The van der Waals surface area contributed by atoms with Crippen molar-refractivity contribution in [1.29, 1.82) is 0 Å². The second-order valence-corrected chi connectivity index (χ2v) is 9.76. The van der Waals surface area contributed by atoms with Gasteiger partial charge in [-0.2, -0.15) is 13.2 Å². The van der Waals surface area contributed by atoms with Crippen LogP contribution in [-0.4, -0.2) is 50.6 Å². The lowest BCUT2D eigenvalue weighted by atomic mass is 9.71. The summed E-state index contributed by atoms with van der Waals surface area (Å²) in [5.74, 6) is -4.82. The Bertz CT molecular complexity index is 1320. The van der Waals surface area contributed by atoms with E-state index in [4.69, 9.17) is 11.6 Å². The highest BCUT2D eigenvalue weighted by molar-refractivity contribution is 7.13. The summed E-state index contributed by atoms with van der Waals surface area (Å²) in [5, 5.41) is 14.5. The van der Waals surface area contributed by atoms with Crippen LogP contribution in [0.3, 0.4) is 0 Å². The van der Waals surface area contributed by atoms with Gasteiger partial charge in [0, 0.05) is 24.5 Å². The van der Waals surface area contributed by atoms with E-state index in [1.54, 1.807) is 5.38 Å². The number of alkyl halides is 3. The lowest BCUT2D eigenvalue weighted by molar-refractivity contribution is -0.199. The Hall–Kier alpha value is -3.32. The van der Waals surface area contributed by atoms with Gasteiger partial charge in [-0.25, -0.2) is 18.7 Å². The molecule has 37 heavy (non-hydrogen) atoms. The normalized spacial score (nSPS) is 20.1. The number of nitrogens with zero attached hydrogens (tertiary/aromatic N) is 3. The minimum Gasteiger partial charge on any atom is -0.481 e. The molecule has 2 N–H and O–H groups in total. The van der Waals surface area contributed by atoms with Crippen molar-refractivity contribution in [1.82, 2.24) is 14.9 Å².